The third-order valence-corrected chi connectivity index (χ3v) is 3.39. The molecule has 5 nitrogen and oxygen atoms in total. The molecule has 0 bridgehead atoms. The fourth-order valence-electron chi connectivity index (χ4n) is 1.48. The summed E-state index contributed by atoms with van der Waals surface area (Å²) >= 11 is 1.28. The summed E-state index contributed by atoms with van der Waals surface area (Å²) in [5.41, 5.74) is 0.611. The van der Waals surface area contributed by atoms with Crippen molar-refractivity contribution in [2.45, 2.75) is 24.0 Å². The van der Waals surface area contributed by atoms with Crippen molar-refractivity contribution in [3.05, 3.63) is 29.9 Å². The Balaban J connectivity index is 1.58. The summed E-state index contributed by atoms with van der Waals surface area (Å²) in [5.74, 6) is 1.51. The molecular formula is C11H11N3O2S. The van der Waals surface area contributed by atoms with Gasteiger partial charge < -0.3 is 9.40 Å². The number of carbonyl (C=O) groups excluding carboxylic acids is 1. The van der Waals surface area contributed by atoms with E-state index in [2.05, 4.69) is 15.2 Å². The first-order valence-corrected chi connectivity index (χ1v) is 6.44. The highest BCUT2D eigenvalue weighted by Crippen LogP contribution is 2.39. The average Bonchev–Trinajstić information content (AvgIpc) is 2.88. The van der Waals surface area contributed by atoms with E-state index in [1.165, 1.54) is 11.8 Å². The van der Waals surface area contributed by atoms with Gasteiger partial charge in [0.25, 0.3) is 5.22 Å². The minimum absolute atomic E-state index is 0.0335. The lowest BCUT2D eigenvalue weighted by Gasteiger charge is -1.94. The summed E-state index contributed by atoms with van der Waals surface area (Å²) in [6, 6.07) is 3.56. The average molecular weight is 249 g/mol. The predicted octanol–water partition coefficient (Wildman–Crippen LogP) is 2.25. The van der Waals surface area contributed by atoms with Gasteiger partial charge in [-0.2, -0.15) is 0 Å². The fraction of sp³-hybridized carbons (Fsp3) is 0.364. The van der Waals surface area contributed by atoms with Gasteiger partial charge in [0.2, 0.25) is 5.89 Å². The minimum Gasteiger partial charge on any atom is -0.416 e. The van der Waals surface area contributed by atoms with Crippen LogP contribution in [0.4, 0.5) is 0 Å². The quantitative estimate of drug-likeness (QED) is 0.650. The van der Waals surface area contributed by atoms with Gasteiger partial charge in [0.1, 0.15) is 0 Å². The predicted molar refractivity (Wildman–Crippen MR) is 62.1 cm³/mol. The number of carbonyl (C=O) groups is 1. The van der Waals surface area contributed by atoms with Gasteiger partial charge in [0.05, 0.1) is 11.4 Å². The molecule has 17 heavy (non-hydrogen) atoms. The van der Waals surface area contributed by atoms with Crippen LogP contribution in [0, 0.1) is 0 Å². The normalized spacial score (nSPS) is 15.1. The van der Waals surface area contributed by atoms with Crippen LogP contribution in [0.2, 0.25) is 0 Å². The van der Waals surface area contributed by atoms with Crippen molar-refractivity contribution in [3.8, 4) is 0 Å². The Hall–Kier alpha value is -1.56. The standard InChI is InChI=1S/C11H11N3O2S/c15-9(8-2-1-5-12-8)6-17-11-14-13-10(16-11)7-3-4-7/h1-2,5,7,12H,3-4,6H2. The first-order chi connectivity index (χ1) is 8.33. The number of aromatic nitrogens is 3. The molecule has 0 spiro atoms. The van der Waals surface area contributed by atoms with Crippen molar-refractivity contribution in [3.63, 3.8) is 0 Å². The molecule has 2 heterocycles. The molecule has 6 heteroatoms. The summed E-state index contributed by atoms with van der Waals surface area (Å²) in [6.45, 7) is 0. The van der Waals surface area contributed by atoms with Crippen molar-refractivity contribution >= 4 is 17.5 Å². The zero-order valence-corrected chi connectivity index (χ0v) is 9.87. The van der Waals surface area contributed by atoms with Crippen molar-refractivity contribution in [1.29, 1.82) is 0 Å². The molecule has 1 aliphatic carbocycles. The van der Waals surface area contributed by atoms with Crippen LogP contribution < -0.4 is 0 Å². The highest BCUT2D eigenvalue weighted by molar-refractivity contribution is 7.99. The van der Waals surface area contributed by atoms with E-state index < -0.39 is 0 Å². The van der Waals surface area contributed by atoms with E-state index in [-0.39, 0.29) is 5.78 Å². The van der Waals surface area contributed by atoms with Gasteiger partial charge >= 0.3 is 0 Å². The number of rotatable bonds is 5. The van der Waals surface area contributed by atoms with Gasteiger partial charge in [-0.15, -0.1) is 10.2 Å². The maximum Gasteiger partial charge on any atom is 0.277 e. The second-order valence-corrected chi connectivity index (χ2v) is 4.90. The number of nitrogens with zero attached hydrogens (tertiary/aromatic N) is 2. The molecule has 0 amide bonds. The van der Waals surface area contributed by atoms with Crippen molar-refractivity contribution < 1.29 is 9.21 Å². The number of aromatic amines is 1. The third kappa shape index (κ3) is 2.41. The first-order valence-electron chi connectivity index (χ1n) is 5.46. The summed E-state index contributed by atoms with van der Waals surface area (Å²) < 4.78 is 5.45. The highest BCUT2D eigenvalue weighted by Gasteiger charge is 2.29. The van der Waals surface area contributed by atoms with Gasteiger partial charge in [0, 0.05) is 12.1 Å². The topological polar surface area (TPSA) is 71.8 Å². The Kier molecular flexibility index (Phi) is 2.72. The summed E-state index contributed by atoms with van der Waals surface area (Å²) in [7, 11) is 0. The van der Waals surface area contributed by atoms with Crippen LogP contribution >= 0.6 is 11.8 Å². The lowest BCUT2D eigenvalue weighted by molar-refractivity contribution is 0.101. The Morgan fingerprint density at radius 2 is 2.41 bits per heavy atom. The molecule has 0 radical (unpaired) electrons. The maximum absolute atomic E-state index is 11.7. The molecule has 2 aromatic heterocycles. The van der Waals surface area contributed by atoms with Gasteiger partial charge in [-0.1, -0.05) is 11.8 Å². The fourth-order valence-corrected chi connectivity index (χ4v) is 2.14. The number of hydrogen-bond donors (Lipinski definition) is 1. The largest absolute Gasteiger partial charge is 0.416 e. The molecule has 0 saturated heterocycles. The number of H-pyrrole nitrogens is 1. The second-order valence-electron chi connectivity index (χ2n) is 3.98. The molecule has 0 aliphatic heterocycles. The molecule has 3 rings (SSSR count). The van der Waals surface area contributed by atoms with E-state index in [1.807, 2.05) is 0 Å². The molecule has 0 unspecified atom stereocenters. The Morgan fingerprint density at radius 1 is 1.53 bits per heavy atom. The monoisotopic (exact) mass is 249 g/mol. The summed E-state index contributed by atoms with van der Waals surface area (Å²) in [5, 5.41) is 8.36. The number of Topliss-reactive ketones (excluding diaryl/α,β-unsaturated/α-hetero) is 1. The van der Waals surface area contributed by atoms with Crippen LogP contribution in [0.25, 0.3) is 0 Å². The minimum atomic E-state index is 0.0335. The second kappa shape index (κ2) is 4.37. The summed E-state index contributed by atoms with van der Waals surface area (Å²) in [6.07, 6.45) is 4.00. The van der Waals surface area contributed by atoms with Crippen LogP contribution in [-0.4, -0.2) is 26.7 Å². The van der Waals surface area contributed by atoms with Crippen LogP contribution in [-0.2, 0) is 0 Å². The zero-order valence-electron chi connectivity index (χ0n) is 9.05. The lowest BCUT2D eigenvalue weighted by Crippen LogP contribution is -2.02. The third-order valence-electron chi connectivity index (χ3n) is 2.57. The smallest absolute Gasteiger partial charge is 0.277 e. The molecule has 0 aromatic carbocycles. The van der Waals surface area contributed by atoms with Crippen LogP contribution in [0.5, 0.6) is 0 Å². The lowest BCUT2D eigenvalue weighted by atomic mass is 10.3. The zero-order chi connectivity index (χ0) is 11.7. The van der Waals surface area contributed by atoms with E-state index in [9.17, 15) is 4.79 Å². The van der Waals surface area contributed by atoms with E-state index >= 15 is 0 Å². The molecule has 1 N–H and O–H groups in total. The molecule has 1 fully saturated rings. The van der Waals surface area contributed by atoms with Crippen LogP contribution in [0.1, 0.15) is 35.1 Å². The number of ketones is 1. The summed E-state index contributed by atoms with van der Waals surface area (Å²) in [4.78, 5) is 14.6. The molecule has 2 aromatic rings. The molecule has 1 aliphatic rings. The molecule has 88 valence electrons. The van der Waals surface area contributed by atoms with E-state index in [0.717, 1.165) is 12.8 Å². The molecular weight excluding hydrogens is 238 g/mol. The Bertz CT molecular complexity index is 517. The van der Waals surface area contributed by atoms with Crippen molar-refractivity contribution in [1.82, 2.24) is 15.2 Å². The maximum atomic E-state index is 11.7. The van der Waals surface area contributed by atoms with E-state index in [1.54, 1.807) is 18.3 Å². The van der Waals surface area contributed by atoms with Crippen molar-refractivity contribution in [2.75, 3.05) is 5.75 Å². The van der Waals surface area contributed by atoms with Gasteiger partial charge in [0.15, 0.2) is 5.78 Å². The van der Waals surface area contributed by atoms with Crippen LogP contribution in [0.3, 0.4) is 0 Å². The Labute approximate surface area is 102 Å². The number of hydrogen-bond acceptors (Lipinski definition) is 5. The first kappa shape index (κ1) is 10.6. The van der Waals surface area contributed by atoms with Crippen LogP contribution in [0.15, 0.2) is 28.0 Å². The van der Waals surface area contributed by atoms with Gasteiger partial charge in [-0.3, -0.25) is 4.79 Å². The van der Waals surface area contributed by atoms with Gasteiger partial charge in [-0.05, 0) is 25.0 Å². The van der Waals surface area contributed by atoms with E-state index in [4.69, 9.17) is 4.42 Å². The molecule has 0 atom stereocenters. The number of nitrogens with one attached hydrogen (secondary N) is 1. The van der Waals surface area contributed by atoms with Gasteiger partial charge in [-0.25, -0.2) is 0 Å². The number of thioether (sulfide) groups is 1. The molecule has 1 saturated carbocycles. The SMILES string of the molecule is O=C(CSc1nnc(C2CC2)o1)c1ccc[nH]1. The van der Waals surface area contributed by atoms with Crippen molar-refractivity contribution in [2.24, 2.45) is 0 Å². The van der Waals surface area contributed by atoms with E-state index in [0.29, 0.717) is 28.5 Å². The highest BCUT2D eigenvalue weighted by atomic mass is 32.2. The Morgan fingerprint density at radius 3 is 3.12 bits per heavy atom.